The molecule has 2 rings (SSSR count). The molecular formula is C12H15NO6S2. The first-order chi connectivity index (χ1) is 9.61. The number of hydrogen-bond acceptors (Lipinski definition) is 5. The van der Waals surface area contributed by atoms with E-state index in [1.54, 1.807) is 6.92 Å². The van der Waals surface area contributed by atoms with E-state index in [2.05, 4.69) is 4.72 Å². The summed E-state index contributed by atoms with van der Waals surface area (Å²) < 4.78 is 49.6. The van der Waals surface area contributed by atoms with Crippen LogP contribution in [0.5, 0.6) is 0 Å². The molecule has 1 heterocycles. The first-order valence-electron chi connectivity index (χ1n) is 6.17. The van der Waals surface area contributed by atoms with Crippen LogP contribution in [-0.2, 0) is 19.9 Å². The minimum Gasteiger partial charge on any atom is -0.478 e. The lowest BCUT2D eigenvalue weighted by Crippen LogP contribution is -2.36. The lowest BCUT2D eigenvalue weighted by Gasteiger charge is -2.13. The number of benzene rings is 1. The third-order valence-electron chi connectivity index (χ3n) is 3.28. The average molecular weight is 333 g/mol. The maximum absolute atomic E-state index is 12.3. The van der Waals surface area contributed by atoms with Gasteiger partial charge in [-0.2, -0.15) is 0 Å². The molecule has 7 nitrogen and oxygen atoms in total. The molecule has 0 aromatic heterocycles. The van der Waals surface area contributed by atoms with Gasteiger partial charge in [-0.1, -0.05) is 6.07 Å². The van der Waals surface area contributed by atoms with Crippen molar-refractivity contribution in [1.29, 1.82) is 0 Å². The Labute approximate surface area is 123 Å². The smallest absolute Gasteiger partial charge is 0.335 e. The molecule has 0 bridgehead atoms. The Morgan fingerprint density at radius 2 is 2.05 bits per heavy atom. The van der Waals surface area contributed by atoms with E-state index in [4.69, 9.17) is 5.11 Å². The maximum atomic E-state index is 12.3. The first-order valence-corrected chi connectivity index (χ1v) is 9.48. The summed E-state index contributed by atoms with van der Waals surface area (Å²) in [6, 6.07) is 3.12. The fraction of sp³-hybridized carbons (Fsp3) is 0.417. The molecular weight excluding hydrogens is 318 g/mol. The predicted octanol–water partition coefficient (Wildman–Crippen LogP) is 0.159. The van der Waals surface area contributed by atoms with Gasteiger partial charge in [0, 0.05) is 6.04 Å². The van der Waals surface area contributed by atoms with Gasteiger partial charge >= 0.3 is 5.97 Å². The molecule has 0 aliphatic carbocycles. The lowest BCUT2D eigenvalue weighted by atomic mass is 10.1. The SMILES string of the molecule is Cc1ccc(C(=O)O)cc1S(=O)(=O)NC1CCS(=O)(=O)C1. The van der Waals surface area contributed by atoms with Crippen molar-refractivity contribution < 1.29 is 26.7 Å². The van der Waals surface area contributed by atoms with Crippen LogP contribution in [0.1, 0.15) is 22.3 Å². The van der Waals surface area contributed by atoms with Gasteiger partial charge in [0.25, 0.3) is 0 Å². The summed E-state index contributed by atoms with van der Waals surface area (Å²) in [6.45, 7) is 1.55. The highest BCUT2D eigenvalue weighted by Gasteiger charge is 2.32. The number of sulfonamides is 1. The van der Waals surface area contributed by atoms with E-state index >= 15 is 0 Å². The van der Waals surface area contributed by atoms with Crippen LogP contribution < -0.4 is 4.72 Å². The molecule has 1 atom stereocenters. The number of sulfone groups is 1. The molecule has 21 heavy (non-hydrogen) atoms. The van der Waals surface area contributed by atoms with Gasteiger partial charge < -0.3 is 5.11 Å². The highest BCUT2D eigenvalue weighted by atomic mass is 32.2. The highest BCUT2D eigenvalue weighted by Crippen LogP contribution is 2.20. The Bertz CT molecular complexity index is 782. The van der Waals surface area contributed by atoms with Gasteiger partial charge in [-0.3, -0.25) is 0 Å². The minimum atomic E-state index is -3.96. The van der Waals surface area contributed by atoms with Crippen LogP contribution in [0.2, 0.25) is 0 Å². The molecule has 1 aliphatic heterocycles. The second kappa shape index (κ2) is 5.39. The summed E-state index contributed by atoms with van der Waals surface area (Å²) in [6.07, 6.45) is 0.221. The molecule has 9 heteroatoms. The van der Waals surface area contributed by atoms with Crippen LogP contribution >= 0.6 is 0 Å². The summed E-state index contributed by atoms with van der Waals surface area (Å²) in [7, 11) is -7.16. The molecule has 1 unspecified atom stereocenters. The molecule has 116 valence electrons. The van der Waals surface area contributed by atoms with Crippen LogP contribution in [0.4, 0.5) is 0 Å². The van der Waals surface area contributed by atoms with Crippen molar-refractivity contribution in [2.24, 2.45) is 0 Å². The molecule has 1 aromatic rings. The van der Waals surface area contributed by atoms with Gasteiger partial charge in [0.05, 0.1) is 22.0 Å². The van der Waals surface area contributed by atoms with Crippen LogP contribution in [0.25, 0.3) is 0 Å². The Morgan fingerprint density at radius 3 is 2.57 bits per heavy atom. The monoisotopic (exact) mass is 333 g/mol. The maximum Gasteiger partial charge on any atom is 0.335 e. The second-order valence-corrected chi connectivity index (χ2v) is 8.92. The third kappa shape index (κ3) is 3.60. The average Bonchev–Trinajstić information content (AvgIpc) is 2.67. The lowest BCUT2D eigenvalue weighted by molar-refractivity contribution is 0.0696. The van der Waals surface area contributed by atoms with E-state index in [0.717, 1.165) is 6.07 Å². The first kappa shape index (κ1) is 15.9. The van der Waals surface area contributed by atoms with E-state index in [9.17, 15) is 21.6 Å². The van der Waals surface area contributed by atoms with Crippen molar-refractivity contribution in [3.8, 4) is 0 Å². The van der Waals surface area contributed by atoms with E-state index < -0.39 is 31.9 Å². The van der Waals surface area contributed by atoms with Gasteiger partial charge in [0.1, 0.15) is 0 Å². The Morgan fingerprint density at radius 1 is 1.38 bits per heavy atom. The van der Waals surface area contributed by atoms with Crippen LogP contribution in [0, 0.1) is 6.92 Å². The Hall–Kier alpha value is -1.45. The zero-order valence-corrected chi connectivity index (χ0v) is 12.9. The Balaban J connectivity index is 2.32. The molecule has 0 saturated carbocycles. The zero-order valence-electron chi connectivity index (χ0n) is 11.2. The quantitative estimate of drug-likeness (QED) is 0.810. The van der Waals surface area contributed by atoms with Crippen LogP contribution in [0.3, 0.4) is 0 Å². The van der Waals surface area contributed by atoms with Crippen molar-refractivity contribution in [2.75, 3.05) is 11.5 Å². The molecule has 0 radical (unpaired) electrons. The standard InChI is InChI=1S/C12H15NO6S2/c1-8-2-3-9(12(14)15)6-11(8)21(18,19)13-10-4-5-20(16,17)7-10/h2-3,6,10,13H,4-5,7H2,1H3,(H,14,15). The molecule has 0 spiro atoms. The number of hydrogen-bond donors (Lipinski definition) is 2. The molecule has 1 aliphatic rings. The molecule has 0 amide bonds. The van der Waals surface area contributed by atoms with Crippen molar-refractivity contribution in [3.05, 3.63) is 29.3 Å². The third-order valence-corrected chi connectivity index (χ3v) is 6.71. The number of nitrogens with one attached hydrogen (secondary N) is 1. The molecule has 2 N–H and O–H groups in total. The topological polar surface area (TPSA) is 118 Å². The van der Waals surface area contributed by atoms with E-state index in [1.165, 1.54) is 12.1 Å². The van der Waals surface area contributed by atoms with Gasteiger partial charge in [-0.05, 0) is 31.0 Å². The fourth-order valence-electron chi connectivity index (χ4n) is 2.19. The van der Waals surface area contributed by atoms with Crippen molar-refractivity contribution in [1.82, 2.24) is 4.72 Å². The summed E-state index contributed by atoms with van der Waals surface area (Å²) in [5.41, 5.74) is 0.258. The summed E-state index contributed by atoms with van der Waals surface area (Å²) in [5, 5.41) is 8.92. The van der Waals surface area contributed by atoms with E-state index in [1.807, 2.05) is 0 Å². The van der Waals surface area contributed by atoms with Gasteiger partial charge in [-0.25, -0.2) is 26.4 Å². The van der Waals surface area contributed by atoms with E-state index in [-0.39, 0.29) is 28.4 Å². The van der Waals surface area contributed by atoms with Gasteiger partial charge in [0.15, 0.2) is 9.84 Å². The van der Waals surface area contributed by atoms with Crippen LogP contribution in [-0.4, -0.2) is 45.5 Å². The molecule has 1 aromatic carbocycles. The van der Waals surface area contributed by atoms with Crippen molar-refractivity contribution in [3.63, 3.8) is 0 Å². The normalized spacial score (nSPS) is 21.3. The summed E-state index contributed by atoms with van der Waals surface area (Å²) in [4.78, 5) is 10.8. The van der Waals surface area contributed by atoms with E-state index in [0.29, 0.717) is 5.56 Å². The molecule has 1 fully saturated rings. The minimum absolute atomic E-state index is 0.0473. The van der Waals surface area contributed by atoms with Crippen molar-refractivity contribution >= 4 is 25.8 Å². The number of carbonyl (C=O) groups is 1. The number of carboxylic acids is 1. The van der Waals surface area contributed by atoms with Gasteiger partial charge in [-0.15, -0.1) is 0 Å². The second-order valence-electron chi connectivity index (χ2n) is 5.01. The fourth-order valence-corrected chi connectivity index (χ4v) is 5.51. The Kier molecular flexibility index (Phi) is 4.09. The molecule has 1 saturated heterocycles. The number of aromatic carboxylic acids is 1. The zero-order chi connectivity index (χ0) is 15.8. The van der Waals surface area contributed by atoms with Crippen LogP contribution in [0.15, 0.2) is 23.1 Å². The predicted molar refractivity (Wildman–Crippen MR) is 75.5 cm³/mol. The summed E-state index contributed by atoms with van der Waals surface area (Å²) >= 11 is 0. The van der Waals surface area contributed by atoms with Crippen molar-refractivity contribution in [2.45, 2.75) is 24.3 Å². The highest BCUT2D eigenvalue weighted by molar-refractivity contribution is 7.92. The summed E-state index contributed by atoms with van der Waals surface area (Å²) in [5.74, 6) is -1.51. The largest absolute Gasteiger partial charge is 0.478 e. The number of aryl methyl sites for hydroxylation is 1. The number of carboxylic acid groups (broad SMARTS) is 1. The number of rotatable bonds is 4. The van der Waals surface area contributed by atoms with Gasteiger partial charge in [0.2, 0.25) is 10.0 Å².